The number of benzene rings is 1. The van der Waals surface area contributed by atoms with E-state index in [1.165, 1.54) is 18.9 Å². The Labute approximate surface area is 180 Å². The third-order valence-electron chi connectivity index (χ3n) is 5.20. The van der Waals surface area contributed by atoms with Crippen molar-refractivity contribution < 1.29 is 10.0 Å². The maximum absolute atomic E-state index is 11.2. The van der Waals surface area contributed by atoms with Gasteiger partial charge in [0.05, 0.1) is 17.4 Å². The van der Waals surface area contributed by atoms with Crippen LogP contribution in [0, 0.1) is 10.8 Å². The van der Waals surface area contributed by atoms with Crippen molar-refractivity contribution in [1.29, 1.82) is 0 Å². The molecule has 0 bridgehead atoms. The SMILES string of the molecule is CC(C)(C)CCN(CCn1cnc2cc(C=CC(=O)NO)ccc21)CCC(C)(C)C. The minimum absolute atomic E-state index is 0.332. The summed E-state index contributed by atoms with van der Waals surface area (Å²) in [6.45, 7) is 17.9. The smallest absolute Gasteiger partial charge is 0.267 e. The van der Waals surface area contributed by atoms with Gasteiger partial charge < -0.3 is 9.47 Å². The minimum Gasteiger partial charge on any atom is -0.329 e. The molecule has 0 aliphatic carbocycles. The van der Waals surface area contributed by atoms with Gasteiger partial charge in [-0.25, -0.2) is 10.5 Å². The molecular weight excluding hydrogens is 376 g/mol. The molecular formula is C24H38N4O2. The normalized spacial score (nSPS) is 12.9. The molecule has 166 valence electrons. The number of aromatic nitrogens is 2. The molecule has 2 rings (SSSR count). The van der Waals surface area contributed by atoms with E-state index < -0.39 is 5.91 Å². The van der Waals surface area contributed by atoms with Gasteiger partial charge in [-0.15, -0.1) is 0 Å². The lowest BCUT2D eigenvalue weighted by molar-refractivity contribution is -0.124. The zero-order chi connectivity index (χ0) is 22.4. The van der Waals surface area contributed by atoms with Gasteiger partial charge in [-0.3, -0.25) is 10.0 Å². The number of hydrogen-bond donors (Lipinski definition) is 2. The first-order chi connectivity index (χ1) is 14.0. The summed E-state index contributed by atoms with van der Waals surface area (Å²) in [5.41, 5.74) is 5.11. The van der Waals surface area contributed by atoms with Gasteiger partial charge in [0, 0.05) is 19.2 Å². The van der Waals surface area contributed by atoms with Crippen molar-refractivity contribution in [1.82, 2.24) is 19.9 Å². The Hall–Kier alpha value is -2.18. The van der Waals surface area contributed by atoms with Crippen molar-refractivity contribution in [2.24, 2.45) is 10.8 Å². The molecule has 0 saturated heterocycles. The van der Waals surface area contributed by atoms with Gasteiger partial charge in [-0.1, -0.05) is 47.6 Å². The first kappa shape index (κ1) is 24.1. The molecule has 0 unspecified atom stereocenters. The largest absolute Gasteiger partial charge is 0.329 e. The summed E-state index contributed by atoms with van der Waals surface area (Å²) in [7, 11) is 0. The summed E-state index contributed by atoms with van der Waals surface area (Å²) >= 11 is 0. The molecule has 0 aliphatic rings. The van der Waals surface area contributed by atoms with Crippen LogP contribution in [0.2, 0.25) is 0 Å². The van der Waals surface area contributed by atoms with E-state index in [2.05, 4.69) is 56.0 Å². The van der Waals surface area contributed by atoms with E-state index in [4.69, 9.17) is 5.21 Å². The number of rotatable bonds is 9. The van der Waals surface area contributed by atoms with Crippen molar-refractivity contribution in [3.8, 4) is 0 Å². The van der Waals surface area contributed by atoms with Crippen molar-refractivity contribution in [2.45, 2.75) is 60.9 Å². The summed E-state index contributed by atoms with van der Waals surface area (Å²) in [5, 5.41) is 8.59. The lowest BCUT2D eigenvalue weighted by atomic mass is 9.90. The second-order valence-electron chi connectivity index (χ2n) is 10.5. The van der Waals surface area contributed by atoms with Crippen LogP contribution in [0.4, 0.5) is 0 Å². The lowest BCUT2D eigenvalue weighted by Crippen LogP contribution is -2.33. The Morgan fingerprint density at radius 1 is 1.10 bits per heavy atom. The van der Waals surface area contributed by atoms with Gasteiger partial charge in [0.25, 0.3) is 5.91 Å². The standard InChI is InChI=1S/C24H38N4O2/c1-23(2,3)11-13-27(14-12-24(4,5)6)15-16-28-18-25-20-17-19(7-9-21(20)28)8-10-22(29)26-30/h7-10,17-18,30H,11-16H2,1-6H3,(H,26,29). The van der Waals surface area contributed by atoms with Crippen LogP contribution in [0.3, 0.4) is 0 Å². The van der Waals surface area contributed by atoms with Crippen molar-refractivity contribution >= 4 is 23.0 Å². The fraction of sp³-hybridized carbons (Fsp3) is 0.583. The molecule has 6 heteroatoms. The summed E-state index contributed by atoms with van der Waals surface area (Å²) < 4.78 is 2.20. The Morgan fingerprint density at radius 2 is 1.73 bits per heavy atom. The van der Waals surface area contributed by atoms with Crippen LogP contribution in [-0.2, 0) is 11.3 Å². The van der Waals surface area contributed by atoms with Gasteiger partial charge in [0.15, 0.2) is 0 Å². The average Bonchev–Trinajstić information content (AvgIpc) is 3.06. The number of imidazole rings is 1. The molecule has 2 aromatic rings. The van der Waals surface area contributed by atoms with Crippen LogP contribution in [-0.4, -0.2) is 45.2 Å². The van der Waals surface area contributed by atoms with Gasteiger partial charge in [-0.2, -0.15) is 0 Å². The highest BCUT2D eigenvalue weighted by Gasteiger charge is 2.17. The van der Waals surface area contributed by atoms with E-state index >= 15 is 0 Å². The Bertz CT molecular complexity index is 838. The van der Waals surface area contributed by atoms with Crippen LogP contribution in [0.5, 0.6) is 0 Å². The Morgan fingerprint density at radius 3 is 2.30 bits per heavy atom. The van der Waals surface area contributed by atoms with Crippen LogP contribution in [0.15, 0.2) is 30.6 Å². The van der Waals surface area contributed by atoms with Crippen molar-refractivity contribution in [3.05, 3.63) is 36.2 Å². The molecule has 1 amide bonds. The Kier molecular flexibility index (Phi) is 8.21. The zero-order valence-corrected chi connectivity index (χ0v) is 19.4. The Balaban J connectivity index is 2.06. The van der Waals surface area contributed by atoms with Crippen LogP contribution < -0.4 is 5.48 Å². The number of nitrogens with one attached hydrogen (secondary N) is 1. The fourth-order valence-corrected chi connectivity index (χ4v) is 3.14. The van der Waals surface area contributed by atoms with Crippen molar-refractivity contribution in [3.63, 3.8) is 0 Å². The van der Waals surface area contributed by atoms with Crippen LogP contribution >= 0.6 is 0 Å². The summed E-state index contributed by atoms with van der Waals surface area (Å²) in [5.74, 6) is -0.550. The molecule has 6 nitrogen and oxygen atoms in total. The first-order valence-electron chi connectivity index (χ1n) is 10.8. The topological polar surface area (TPSA) is 70.4 Å². The molecule has 0 atom stereocenters. The molecule has 1 aromatic heterocycles. The number of carbonyl (C=O) groups is 1. The average molecular weight is 415 g/mol. The quantitative estimate of drug-likeness (QED) is 0.354. The molecule has 1 heterocycles. The van der Waals surface area contributed by atoms with E-state index in [9.17, 15) is 4.79 Å². The number of fused-ring (bicyclic) bond motifs is 1. The number of amides is 1. The third-order valence-corrected chi connectivity index (χ3v) is 5.20. The summed E-state index contributed by atoms with van der Waals surface area (Å²) in [6.07, 6.45) is 7.20. The van der Waals surface area contributed by atoms with Gasteiger partial charge >= 0.3 is 0 Å². The van der Waals surface area contributed by atoms with E-state index in [1.807, 2.05) is 24.5 Å². The highest BCUT2D eigenvalue weighted by Crippen LogP contribution is 2.22. The molecule has 0 spiro atoms. The van der Waals surface area contributed by atoms with E-state index in [0.29, 0.717) is 10.8 Å². The van der Waals surface area contributed by atoms with Gasteiger partial charge in [-0.05, 0) is 60.5 Å². The highest BCUT2D eigenvalue weighted by atomic mass is 16.5. The predicted octanol–water partition coefficient (Wildman–Crippen LogP) is 4.73. The maximum Gasteiger partial charge on any atom is 0.267 e. The maximum atomic E-state index is 11.2. The minimum atomic E-state index is -0.550. The van der Waals surface area contributed by atoms with E-state index in [-0.39, 0.29) is 0 Å². The fourth-order valence-electron chi connectivity index (χ4n) is 3.14. The molecule has 30 heavy (non-hydrogen) atoms. The molecule has 0 aliphatic heterocycles. The predicted molar refractivity (Wildman–Crippen MR) is 123 cm³/mol. The first-order valence-corrected chi connectivity index (χ1v) is 10.8. The summed E-state index contributed by atoms with van der Waals surface area (Å²) in [6, 6.07) is 5.94. The lowest BCUT2D eigenvalue weighted by Gasteiger charge is -2.29. The van der Waals surface area contributed by atoms with Gasteiger partial charge in [0.2, 0.25) is 0 Å². The van der Waals surface area contributed by atoms with E-state index in [0.717, 1.165) is 42.8 Å². The monoisotopic (exact) mass is 414 g/mol. The second kappa shape index (κ2) is 10.2. The highest BCUT2D eigenvalue weighted by molar-refractivity contribution is 5.91. The van der Waals surface area contributed by atoms with Crippen LogP contribution in [0.25, 0.3) is 17.1 Å². The van der Waals surface area contributed by atoms with Gasteiger partial charge in [0.1, 0.15) is 0 Å². The zero-order valence-electron chi connectivity index (χ0n) is 19.4. The van der Waals surface area contributed by atoms with E-state index in [1.54, 1.807) is 11.6 Å². The molecule has 0 saturated carbocycles. The number of hydrogen-bond acceptors (Lipinski definition) is 4. The molecule has 1 aromatic carbocycles. The molecule has 0 radical (unpaired) electrons. The number of carbonyl (C=O) groups excluding carboxylic acids is 1. The number of nitrogens with zero attached hydrogens (tertiary/aromatic N) is 3. The molecule has 0 fully saturated rings. The number of hydroxylamine groups is 1. The third kappa shape index (κ3) is 8.28. The van der Waals surface area contributed by atoms with Crippen LogP contribution in [0.1, 0.15) is 59.9 Å². The second-order valence-corrected chi connectivity index (χ2v) is 10.5. The molecule has 2 N–H and O–H groups in total. The summed E-state index contributed by atoms with van der Waals surface area (Å²) in [4.78, 5) is 18.3. The van der Waals surface area contributed by atoms with Crippen molar-refractivity contribution in [2.75, 3.05) is 19.6 Å².